The summed E-state index contributed by atoms with van der Waals surface area (Å²) < 4.78 is 41.3. The fraction of sp³-hybridized carbons (Fsp3) is 0.0588. The van der Waals surface area contributed by atoms with Gasteiger partial charge in [0.15, 0.2) is 11.6 Å². The standard InChI is InChI=1S/C17H13BrF3N5O/c18-12-3-1-2-4-13(12)26-16-14(22)15(23-9-24-16)25-10-5-7-11(8-6-10)27-17(19,20)21/h1-9H,22H2,(H2,23,24,25,26). The molecule has 4 N–H and O–H groups in total. The number of para-hydroxylation sites is 1. The maximum absolute atomic E-state index is 12.2. The monoisotopic (exact) mass is 439 g/mol. The number of benzene rings is 2. The largest absolute Gasteiger partial charge is 0.573 e. The van der Waals surface area contributed by atoms with E-state index in [0.29, 0.717) is 17.3 Å². The fourth-order valence-electron chi connectivity index (χ4n) is 2.16. The molecule has 27 heavy (non-hydrogen) atoms. The maximum Gasteiger partial charge on any atom is 0.573 e. The molecule has 0 saturated carbocycles. The zero-order valence-electron chi connectivity index (χ0n) is 13.6. The van der Waals surface area contributed by atoms with Gasteiger partial charge in [-0.05, 0) is 52.3 Å². The van der Waals surface area contributed by atoms with E-state index in [2.05, 4.69) is 41.3 Å². The van der Waals surface area contributed by atoms with Crippen molar-refractivity contribution in [2.75, 3.05) is 16.4 Å². The van der Waals surface area contributed by atoms with Crippen molar-refractivity contribution in [2.24, 2.45) is 0 Å². The van der Waals surface area contributed by atoms with Crippen molar-refractivity contribution in [1.82, 2.24) is 9.97 Å². The Morgan fingerprint density at radius 2 is 1.56 bits per heavy atom. The van der Waals surface area contributed by atoms with Gasteiger partial charge in [0.05, 0.1) is 5.69 Å². The smallest absolute Gasteiger partial charge is 0.406 e. The first kappa shape index (κ1) is 18.8. The Balaban J connectivity index is 1.77. The van der Waals surface area contributed by atoms with Crippen LogP contribution in [0.3, 0.4) is 0 Å². The van der Waals surface area contributed by atoms with Crippen molar-refractivity contribution in [3.05, 3.63) is 59.3 Å². The van der Waals surface area contributed by atoms with E-state index in [1.807, 2.05) is 24.3 Å². The topological polar surface area (TPSA) is 85.1 Å². The highest BCUT2D eigenvalue weighted by molar-refractivity contribution is 9.10. The number of aromatic nitrogens is 2. The summed E-state index contributed by atoms with van der Waals surface area (Å²) in [5, 5.41) is 6.03. The Morgan fingerprint density at radius 3 is 2.19 bits per heavy atom. The number of halogens is 4. The van der Waals surface area contributed by atoms with E-state index in [1.165, 1.54) is 30.6 Å². The van der Waals surface area contributed by atoms with E-state index in [4.69, 9.17) is 5.73 Å². The van der Waals surface area contributed by atoms with Gasteiger partial charge in [0, 0.05) is 10.2 Å². The van der Waals surface area contributed by atoms with Crippen LogP contribution in [0.2, 0.25) is 0 Å². The van der Waals surface area contributed by atoms with Gasteiger partial charge in [-0.1, -0.05) is 12.1 Å². The van der Waals surface area contributed by atoms with Crippen LogP contribution in [0.15, 0.2) is 59.3 Å². The lowest BCUT2D eigenvalue weighted by molar-refractivity contribution is -0.274. The van der Waals surface area contributed by atoms with Gasteiger partial charge in [0.2, 0.25) is 0 Å². The van der Waals surface area contributed by atoms with Crippen molar-refractivity contribution in [2.45, 2.75) is 6.36 Å². The number of nitrogens with one attached hydrogen (secondary N) is 2. The minimum absolute atomic E-state index is 0.254. The van der Waals surface area contributed by atoms with Crippen LogP contribution in [0.5, 0.6) is 5.75 Å². The van der Waals surface area contributed by atoms with E-state index in [-0.39, 0.29) is 11.4 Å². The molecule has 1 aromatic heterocycles. The predicted octanol–water partition coefficient (Wildman–Crippen LogP) is 5.21. The summed E-state index contributed by atoms with van der Waals surface area (Å²) in [4.78, 5) is 8.19. The third-order valence-corrected chi connectivity index (χ3v) is 4.05. The molecule has 0 amide bonds. The quantitative estimate of drug-likeness (QED) is 0.506. The summed E-state index contributed by atoms with van der Waals surface area (Å²) in [5.41, 5.74) is 7.61. The number of rotatable bonds is 5. The molecular formula is C17H13BrF3N5O. The van der Waals surface area contributed by atoms with E-state index >= 15 is 0 Å². The summed E-state index contributed by atoms with van der Waals surface area (Å²) in [6.07, 6.45) is -3.42. The number of hydrogen-bond donors (Lipinski definition) is 3. The molecule has 0 atom stereocenters. The lowest BCUT2D eigenvalue weighted by Gasteiger charge is -2.14. The van der Waals surface area contributed by atoms with Crippen molar-refractivity contribution in [3.8, 4) is 5.75 Å². The van der Waals surface area contributed by atoms with Gasteiger partial charge in [-0.15, -0.1) is 13.2 Å². The first-order valence-corrected chi connectivity index (χ1v) is 8.36. The molecule has 0 fully saturated rings. The minimum atomic E-state index is -4.74. The van der Waals surface area contributed by atoms with Gasteiger partial charge >= 0.3 is 6.36 Å². The highest BCUT2D eigenvalue weighted by Gasteiger charge is 2.30. The van der Waals surface area contributed by atoms with Crippen molar-refractivity contribution < 1.29 is 17.9 Å². The van der Waals surface area contributed by atoms with Crippen LogP contribution >= 0.6 is 15.9 Å². The molecule has 3 aromatic rings. The Bertz CT molecular complexity index is 935. The molecule has 10 heteroatoms. The summed E-state index contributed by atoms with van der Waals surface area (Å²) in [7, 11) is 0. The average Bonchev–Trinajstić information content (AvgIpc) is 2.61. The van der Waals surface area contributed by atoms with Gasteiger partial charge in [0.25, 0.3) is 0 Å². The Hall–Kier alpha value is -3.01. The lowest BCUT2D eigenvalue weighted by atomic mass is 10.3. The van der Waals surface area contributed by atoms with Crippen LogP contribution in [0.4, 0.5) is 41.9 Å². The molecule has 0 radical (unpaired) electrons. The highest BCUT2D eigenvalue weighted by Crippen LogP contribution is 2.31. The predicted molar refractivity (Wildman–Crippen MR) is 100 cm³/mol. The average molecular weight is 440 g/mol. The molecule has 3 rings (SSSR count). The molecule has 2 aromatic carbocycles. The van der Waals surface area contributed by atoms with Gasteiger partial charge in [-0.25, -0.2) is 9.97 Å². The van der Waals surface area contributed by atoms with E-state index < -0.39 is 6.36 Å². The Kier molecular flexibility index (Phi) is 5.36. The summed E-state index contributed by atoms with van der Waals surface area (Å²) in [5.74, 6) is 0.375. The third kappa shape index (κ3) is 5.00. The number of nitrogens with zero attached hydrogens (tertiary/aromatic N) is 2. The summed E-state index contributed by atoms with van der Waals surface area (Å²) in [6, 6.07) is 12.7. The number of anilines is 5. The van der Waals surface area contributed by atoms with Crippen LogP contribution in [0, 0.1) is 0 Å². The molecule has 0 saturated heterocycles. The zero-order valence-corrected chi connectivity index (χ0v) is 15.2. The van der Waals surface area contributed by atoms with E-state index in [1.54, 1.807) is 0 Å². The molecule has 0 aliphatic rings. The number of ether oxygens (including phenoxy) is 1. The van der Waals surface area contributed by atoms with Crippen molar-refractivity contribution >= 4 is 44.6 Å². The second-order valence-electron chi connectivity index (χ2n) is 5.29. The molecule has 1 heterocycles. The maximum atomic E-state index is 12.2. The SMILES string of the molecule is Nc1c(Nc2ccc(OC(F)(F)F)cc2)ncnc1Nc1ccccc1Br. The van der Waals surface area contributed by atoms with Crippen LogP contribution in [-0.4, -0.2) is 16.3 Å². The fourth-order valence-corrected chi connectivity index (χ4v) is 2.55. The summed E-state index contributed by atoms with van der Waals surface area (Å²) >= 11 is 3.42. The van der Waals surface area contributed by atoms with Crippen LogP contribution < -0.4 is 21.1 Å². The van der Waals surface area contributed by atoms with Crippen molar-refractivity contribution in [1.29, 1.82) is 0 Å². The molecule has 140 valence electrons. The van der Waals surface area contributed by atoms with E-state index in [9.17, 15) is 13.2 Å². The highest BCUT2D eigenvalue weighted by atomic mass is 79.9. The van der Waals surface area contributed by atoms with Gasteiger partial charge < -0.3 is 21.1 Å². The first-order valence-electron chi connectivity index (χ1n) is 7.57. The molecule has 0 bridgehead atoms. The molecule has 0 unspecified atom stereocenters. The normalized spacial score (nSPS) is 11.1. The molecule has 6 nitrogen and oxygen atoms in total. The van der Waals surface area contributed by atoms with Crippen molar-refractivity contribution in [3.63, 3.8) is 0 Å². The lowest BCUT2D eigenvalue weighted by Crippen LogP contribution is -2.17. The molecule has 0 spiro atoms. The van der Waals surface area contributed by atoms with Gasteiger partial charge in [0.1, 0.15) is 17.8 Å². The Labute approximate surface area is 160 Å². The number of alkyl halides is 3. The van der Waals surface area contributed by atoms with Crippen LogP contribution in [0.1, 0.15) is 0 Å². The zero-order chi connectivity index (χ0) is 19.4. The number of hydrogen-bond acceptors (Lipinski definition) is 6. The number of nitrogens with two attached hydrogens (primary N) is 1. The Morgan fingerprint density at radius 1 is 0.926 bits per heavy atom. The minimum Gasteiger partial charge on any atom is -0.406 e. The van der Waals surface area contributed by atoms with Gasteiger partial charge in [-0.2, -0.15) is 0 Å². The first-order chi connectivity index (χ1) is 12.8. The van der Waals surface area contributed by atoms with Crippen LogP contribution in [-0.2, 0) is 0 Å². The molecule has 0 aliphatic heterocycles. The molecular weight excluding hydrogens is 427 g/mol. The second-order valence-corrected chi connectivity index (χ2v) is 6.14. The van der Waals surface area contributed by atoms with Gasteiger partial charge in [-0.3, -0.25) is 0 Å². The summed E-state index contributed by atoms with van der Waals surface area (Å²) in [6.45, 7) is 0. The third-order valence-electron chi connectivity index (χ3n) is 3.36. The van der Waals surface area contributed by atoms with E-state index in [0.717, 1.165) is 10.2 Å². The molecule has 0 aliphatic carbocycles. The van der Waals surface area contributed by atoms with Crippen LogP contribution in [0.25, 0.3) is 0 Å². The second kappa shape index (κ2) is 7.70. The number of nitrogen functional groups attached to an aromatic ring is 1.